The summed E-state index contributed by atoms with van der Waals surface area (Å²) in [7, 11) is 1.86. The van der Waals surface area contributed by atoms with Gasteiger partial charge in [-0.3, -0.25) is 4.79 Å². The first-order chi connectivity index (χ1) is 7.88. The fraction of sp³-hybridized carbons (Fsp3) is 0.615. The second-order valence-corrected chi connectivity index (χ2v) is 5.84. The van der Waals surface area contributed by atoms with Gasteiger partial charge < -0.3 is 10.2 Å². The average Bonchev–Trinajstić information content (AvgIpc) is 2.63. The number of thiophene rings is 1. The Bertz CT molecular complexity index is 385. The number of hydrogen-bond donors (Lipinski definition) is 1. The molecular formula is C13H22N2OS. The van der Waals surface area contributed by atoms with Crippen LogP contribution in [0.15, 0.2) is 11.4 Å². The molecule has 0 aliphatic carbocycles. The second kappa shape index (κ2) is 5.65. The number of likely N-dealkylation sites (N-methyl/N-ethyl adjacent to an activating group) is 2. The van der Waals surface area contributed by atoms with Crippen molar-refractivity contribution < 1.29 is 4.79 Å². The molecule has 1 heterocycles. The third-order valence-electron chi connectivity index (χ3n) is 2.85. The number of carbonyl (C=O) groups excluding carboxylic acids is 1. The van der Waals surface area contributed by atoms with Crippen molar-refractivity contribution in [3.05, 3.63) is 21.9 Å². The number of carbonyl (C=O) groups is 1. The van der Waals surface area contributed by atoms with Crippen molar-refractivity contribution in [2.45, 2.75) is 39.8 Å². The zero-order valence-electron chi connectivity index (χ0n) is 11.3. The molecule has 17 heavy (non-hydrogen) atoms. The number of amides is 1. The predicted octanol–water partition coefficient (Wildman–Crippen LogP) is 2.40. The van der Waals surface area contributed by atoms with Gasteiger partial charge in [0.1, 0.15) is 0 Å². The topological polar surface area (TPSA) is 32.3 Å². The Labute approximate surface area is 108 Å². The molecule has 1 rings (SSSR count). The largest absolute Gasteiger partial charge is 0.339 e. The first-order valence-electron chi connectivity index (χ1n) is 5.92. The van der Waals surface area contributed by atoms with Crippen LogP contribution in [0.1, 0.15) is 31.2 Å². The van der Waals surface area contributed by atoms with Gasteiger partial charge in [-0.2, -0.15) is 0 Å². The van der Waals surface area contributed by atoms with Gasteiger partial charge in [-0.15, -0.1) is 11.3 Å². The molecule has 0 bridgehead atoms. The number of nitrogens with zero attached hydrogens (tertiary/aromatic N) is 1. The summed E-state index contributed by atoms with van der Waals surface area (Å²) in [6.07, 6.45) is 0. The minimum Gasteiger partial charge on any atom is -0.339 e. The van der Waals surface area contributed by atoms with Crippen LogP contribution in [0.4, 0.5) is 0 Å². The fourth-order valence-corrected chi connectivity index (χ4v) is 2.81. The van der Waals surface area contributed by atoms with Crippen molar-refractivity contribution in [2.24, 2.45) is 0 Å². The lowest BCUT2D eigenvalue weighted by Gasteiger charge is -2.30. The summed E-state index contributed by atoms with van der Waals surface area (Å²) in [6.45, 7) is 9.44. The maximum Gasteiger partial charge on any atom is 0.242 e. The van der Waals surface area contributed by atoms with E-state index in [4.69, 9.17) is 0 Å². The molecule has 0 atom stereocenters. The monoisotopic (exact) mass is 254 g/mol. The van der Waals surface area contributed by atoms with E-state index in [0.717, 1.165) is 6.54 Å². The highest BCUT2D eigenvalue weighted by atomic mass is 32.1. The normalized spacial score (nSPS) is 11.6. The van der Waals surface area contributed by atoms with Crippen LogP contribution in [0.25, 0.3) is 0 Å². The zero-order valence-corrected chi connectivity index (χ0v) is 12.1. The molecule has 0 unspecified atom stereocenters. The Morgan fingerprint density at radius 1 is 1.53 bits per heavy atom. The zero-order chi connectivity index (χ0) is 13.1. The van der Waals surface area contributed by atoms with Crippen LogP contribution in [0.2, 0.25) is 0 Å². The maximum atomic E-state index is 12.3. The second-order valence-electron chi connectivity index (χ2n) is 4.84. The highest BCUT2D eigenvalue weighted by molar-refractivity contribution is 7.10. The lowest BCUT2D eigenvalue weighted by atomic mass is 10.0. The highest BCUT2D eigenvalue weighted by Crippen LogP contribution is 2.18. The van der Waals surface area contributed by atoms with Crippen LogP contribution in [0, 0.1) is 6.92 Å². The van der Waals surface area contributed by atoms with E-state index in [-0.39, 0.29) is 5.91 Å². The molecule has 0 spiro atoms. The van der Waals surface area contributed by atoms with Gasteiger partial charge in [0.2, 0.25) is 5.91 Å². The predicted molar refractivity (Wildman–Crippen MR) is 73.3 cm³/mol. The molecule has 0 fully saturated rings. The summed E-state index contributed by atoms with van der Waals surface area (Å²) in [6, 6.07) is 2.09. The average molecular weight is 254 g/mol. The van der Waals surface area contributed by atoms with Crippen molar-refractivity contribution in [1.29, 1.82) is 0 Å². The molecule has 1 amide bonds. The van der Waals surface area contributed by atoms with Gasteiger partial charge >= 0.3 is 0 Å². The summed E-state index contributed by atoms with van der Waals surface area (Å²) in [5.41, 5.74) is 0.769. The molecule has 0 saturated heterocycles. The number of rotatable bonds is 5. The van der Waals surface area contributed by atoms with Crippen molar-refractivity contribution in [3.63, 3.8) is 0 Å². The van der Waals surface area contributed by atoms with E-state index in [2.05, 4.69) is 23.7 Å². The SMILES string of the molecule is CCNC(C)(C)C(=O)N(C)Cc1sccc1C. The molecule has 1 N–H and O–H groups in total. The van der Waals surface area contributed by atoms with Gasteiger partial charge in [0.25, 0.3) is 0 Å². The first-order valence-corrected chi connectivity index (χ1v) is 6.80. The van der Waals surface area contributed by atoms with Crippen LogP contribution in [-0.2, 0) is 11.3 Å². The van der Waals surface area contributed by atoms with Gasteiger partial charge in [-0.1, -0.05) is 6.92 Å². The molecular weight excluding hydrogens is 232 g/mol. The van der Waals surface area contributed by atoms with Crippen molar-refractivity contribution in [2.75, 3.05) is 13.6 Å². The standard InChI is InChI=1S/C13H22N2OS/c1-6-14-13(3,4)12(16)15(5)9-11-10(2)7-8-17-11/h7-8,14H,6,9H2,1-5H3. The Balaban J connectivity index is 2.68. The molecule has 3 nitrogen and oxygen atoms in total. The van der Waals surface area contributed by atoms with Crippen LogP contribution in [-0.4, -0.2) is 29.9 Å². The Kier molecular flexibility index (Phi) is 4.71. The van der Waals surface area contributed by atoms with E-state index < -0.39 is 5.54 Å². The number of aryl methyl sites for hydroxylation is 1. The van der Waals surface area contributed by atoms with Crippen LogP contribution in [0.5, 0.6) is 0 Å². The third kappa shape index (κ3) is 3.54. The van der Waals surface area contributed by atoms with Crippen molar-refractivity contribution in [1.82, 2.24) is 10.2 Å². The van der Waals surface area contributed by atoms with E-state index in [9.17, 15) is 4.79 Å². The van der Waals surface area contributed by atoms with Gasteiger partial charge in [-0.05, 0) is 44.3 Å². The summed E-state index contributed by atoms with van der Waals surface area (Å²) in [5, 5.41) is 5.28. The first kappa shape index (κ1) is 14.2. The molecule has 4 heteroatoms. The summed E-state index contributed by atoms with van der Waals surface area (Å²) in [5.74, 6) is 0.132. The van der Waals surface area contributed by atoms with Gasteiger partial charge in [0.15, 0.2) is 0 Å². The fourth-order valence-electron chi connectivity index (χ4n) is 1.85. The molecule has 0 aliphatic rings. The van der Waals surface area contributed by atoms with Crippen LogP contribution < -0.4 is 5.32 Å². The molecule has 0 aliphatic heterocycles. The molecule has 1 aromatic heterocycles. The third-order valence-corrected chi connectivity index (χ3v) is 3.86. The Morgan fingerprint density at radius 3 is 2.65 bits per heavy atom. The van der Waals surface area contributed by atoms with Gasteiger partial charge in [0.05, 0.1) is 12.1 Å². The Morgan fingerprint density at radius 2 is 2.18 bits per heavy atom. The molecule has 0 radical (unpaired) electrons. The number of hydrogen-bond acceptors (Lipinski definition) is 3. The van der Waals surface area contributed by atoms with E-state index in [1.807, 2.05) is 27.8 Å². The van der Waals surface area contributed by atoms with Crippen molar-refractivity contribution >= 4 is 17.2 Å². The number of nitrogens with one attached hydrogen (secondary N) is 1. The summed E-state index contributed by atoms with van der Waals surface area (Å²) in [4.78, 5) is 15.3. The minimum atomic E-state index is -0.491. The van der Waals surface area contributed by atoms with Crippen LogP contribution in [0.3, 0.4) is 0 Å². The molecule has 1 aromatic rings. The minimum absolute atomic E-state index is 0.132. The quantitative estimate of drug-likeness (QED) is 0.875. The lowest BCUT2D eigenvalue weighted by molar-refractivity contribution is -0.136. The Hall–Kier alpha value is -0.870. The maximum absolute atomic E-state index is 12.3. The van der Waals surface area contributed by atoms with E-state index >= 15 is 0 Å². The smallest absolute Gasteiger partial charge is 0.242 e. The summed E-state index contributed by atoms with van der Waals surface area (Å²) >= 11 is 1.70. The van der Waals surface area contributed by atoms with Gasteiger partial charge in [0, 0.05) is 11.9 Å². The van der Waals surface area contributed by atoms with E-state index in [1.165, 1.54) is 10.4 Å². The van der Waals surface area contributed by atoms with E-state index in [1.54, 1.807) is 16.2 Å². The molecule has 96 valence electrons. The molecule has 0 saturated carbocycles. The lowest BCUT2D eigenvalue weighted by Crippen LogP contribution is -2.52. The molecule has 0 aromatic carbocycles. The van der Waals surface area contributed by atoms with Crippen molar-refractivity contribution in [3.8, 4) is 0 Å². The summed E-state index contributed by atoms with van der Waals surface area (Å²) < 4.78 is 0. The van der Waals surface area contributed by atoms with E-state index in [0.29, 0.717) is 6.54 Å². The van der Waals surface area contributed by atoms with Gasteiger partial charge in [-0.25, -0.2) is 0 Å². The highest BCUT2D eigenvalue weighted by Gasteiger charge is 2.29. The van der Waals surface area contributed by atoms with Crippen LogP contribution >= 0.6 is 11.3 Å².